The molecule has 0 atom stereocenters. The normalized spacial score (nSPS) is 11.5. The third-order valence-electron chi connectivity index (χ3n) is 5.75. The summed E-state index contributed by atoms with van der Waals surface area (Å²) in [5, 5.41) is 8.97. The summed E-state index contributed by atoms with van der Waals surface area (Å²) in [4.78, 5) is 32.1. The van der Waals surface area contributed by atoms with Crippen molar-refractivity contribution in [3.8, 4) is 0 Å². The number of amides is 2. The standard InChI is InChI=1S/C26H32N6O6S2/c1-4-23(33)32-40(37,38)22-12-10-21(11-13-22)30-26-28-16-18(3)25(31-26)29-20-8-6-19(7-9-20)17-27-24(34)14-15-39(35,36)5-2/h6-13,16H,4-5,14-15,17H2,1-3H3,(H,27,34)(H,32,33)(H2,28,29,30,31). The van der Waals surface area contributed by atoms with Crippen LogP contribution in [0.5, 0.6) is 0 Å². The highest BCUT2D eigenvalue weighted by Gasteiger charge is 2.16. The summed E-state index contributed by atoms with van der Waals surface area (Å²) < 4.78 is 49.6. The minimum Gasteiger partial charge on any atom is -0.352 e. The molecule has 4 N–H and O–H groups in total. The van der Waals surface area contributed by atoms with Crippen molar-refractivity contribution < 1.29 is 26.4 Å². The number of benzene rings is 2. The quantitative estimate of drug-likeness (QED) is 0.232. The first kappa shape index (κ1) is 30.5. The predicted molar refractivity (Wildman–Crippen MR) is 153 cm³/mol. The summed E-state index contributed by atoms with van der Waals surface area (Å²) in [5.74, 6) is -0.230. The molecule has 0 aliphatic heterocycles. The van der Waals surface area contributed by atoms with Gasteiger partial charge in [0.2, 0.25) is 17.8 Å². The number of nitrogens with zero attached hydrogens (tertiary/aromatic N) is 2. The van der Waals surface area contributed by atoms with Gasteiger partial charge in [-0.3, -0.25) is 9.59 Å². The van der Waals surface area contributed by atoms with Crippen LogP contribution in [0.15, 0.2) is 59.6 Å². The Bertz CT molecular complexity index is 1560. The van der Waals surface area contributed by atoms with Crippen LogP contribution in [0.2, 0.25) is 0 Å². The van der Waals surface area contributed by atoms with Crippen LogP contribution < -0.4 is 20.7 Å². The summed E-state index contributed by atoms with van der Waals surface area (Å²) in [6, 6.07) is 13.2. The fourth-order valence-electron chi connectivity index (χ4n) is 3.28. The van der Waals surface area contributed by atoms with E-state index in [9.17, 15) is 26.4 Å². The largest absolute Gasteiger partial charge is 0.352 e. The molecule has 2 aromatic carbocycles. The van der Waals surface area contributed by atoms with E-state index in [4.69, 9.17) is 0 Å². The van der Waals surface area contributed by atoms with Gasteiger partial charge >= 0.3 is 0 Å². The van der Waals surface area contributed by atoms with Crippen molar-refractivity contribution in [1.82, 2.24) is 20.0 Å². The lowest BCUT2D eigenvalue weighted by molar-refractivity contribution is -0.121. The van der Waals surface area contributed by atoms with Crippen LogP contribution in [0.1, 0.15) is 37.8 Å². The number of anilines is 4. The lowest BCUT2D eigenvalue weighted by atomic mass is 10.2. The van der Waals surface area contributed by atoms with Gasteiger partial charge in [0.05, 0.1) is 10.6 Å². The monoisotopic (exact) mass is 588 g/mol. The van der Waals surface area contributed by atoms with Gasteiger partial charge < -0.3 is 16.0 Å². The maximum atomic E-state index is 12.3. The molecule has 0 bridgehead atoms. The number of aryl methyl sites for hydroxylation is 1. The zero-order chi connectivity index (χ0) is 29.3. The van der Waals surface area contributed by atoms with Gasteiger partial charge in [-0.05, 0) is 48.9 Å². The van der Waals surface area contributed by atoms with Crippen molar-refractivity contribution in [2.45, 2.75) is 45.1 Å². The molecule has 1 heterocycles. The Balaban J connectivity index is 1.60. The molecule has 12 nitrogen and oxygen atoms in total. The number of sulfone groups is 1. The van der Waals surface area contributed by atoms with Gasteiger partial charge in [-0.2, -0.15) is 4.98 Å². The van der Waals surface area contributed by atoms with Crippen LogP contribution in [0.25, 0.3) is 0 Å². The van der Waals surface area contributed by atoms with E-state index < -0.39 is 25.8 Å². The summed E-state index contributed by atoms with van der Waals surface area (Å²) in [7, 11) is -7.13. The van der Waals surface area contributed by atoms with Crippen molar-refractivity contribution in [2.75, 3.05) is 22.1 Å². The van der Waals surface area contributed by atoms with Crippen LogP contribution >= 0.6 is 0 Å². The number of hydrogen-bond donors (Lipinski definition) is 4. The molecule has 0 aliphatic rings. The van der Waals surface area contributed by atoms with Gasteiger partial charge in [-0.15, -0.1) is 0 Å². The Kier molecular flexibility index (Phi) is 10.2. The minimum absolute atomic E-state index is 0.0127. The maximum absolute atomic E-state index is 12.3. The second-order valence-corrected chi connectivity index (χ2v) is 13.0. The fourth-order valence-corrected chi connectivity index (χ4v) is 5.12. The fraction of sp³-hybridized carbons (Fsp3) is 0.308. The summed E-state index contributed by atoms with van der Waals surface area (Å²) in [6.45, 7) is 5.24. The van der Waals surface area contributed by atoms with E-state index in [-0.39, 0.29) is 47.6 Å². The van der Waals surface area contributed by atoms with E-state index in [1.54, 1.807) is 32.2 Å². The second kappa shape index (κ2) is 13.3. The molecule has 214 valence electrons. The maximum Gasteiger partial charge on any atom is 0.264 e. The molecule has 0 aliphatic carbocycles. The van der Waals surface area contributed by atoms with Gasteiger partial charge in [-0.25, -0.2) is 26.5 Å². The highest BCUT2D eigenvalue weighted by Crippen LogP contribution is 2.22. The van der Waals surface area contributed by atoms with E-state index in [2.05, 4.69) is 25.9 Å². The molecule has 0 saturated carbocycles. The average Bonchev–Trinajstić information content (AvgIpc) is 2.93. The van der Waals surface area contributed by atoms with Gasteiger partial charge in [0.1, 0.15) is 5.82 Å². The van der Waals surface area contributed by atoms with Gasteiger partial charge in [0.25, 0.3) is 10.0 Å². The van der Waals surface area contributed by atoms with Crippen LogP contribution in [-0.2, 0) is 36.0 Å². The molecule has 2 amide bonds. The molecule has 40 heavy (non-hydrogen) atoms. The zero-order valence-corrected chi connectivity index (χ0v) is 24.0. The number of carbonyl (C=O) groups is 2. The van der Waals surface area contributed by atoms with Crippen molar-refractivity contribution >= 4 is 54.8 Å². The molecule has 3 rings (SSSR count). The van der Waals surface area contributed by atoms with Crippen LogP contribution in [0.4, 0.5) is 23.1 Å². The van der Waals surface area contributed by atoms with E-state index in [1.165, 1.54) is 12.1 Å². The molecule has 0 radical (unpaired) electrons. The van der Waals surface area contributed by atoms with Crippen LogP contribution in [-0.4, -0.2) is 50.1 Å². The van der Waals surface area contributed by atoms with E-state index in [1.807, 2.05) is 35.9 Å². The highest BCUT2D eigenvalue weighted by atomic mass is 32.2. The summed E-state index contributed by atoms with van der Waals surface area (Å²) in [5.41, 5.74) is 2.94. The number of nitrogens with one attached hydrogen (secondary N) is 4. The first-order chi connectivity index (χ1) is 18.9. The van der Waals surface area contributed by atoms with Gasteiger partial charge in [0, 0.05) is 48.3 Å². The van der Waals surface area contributed by atoms with E-state index in [0.29, 0.717) is 11.5 Å². The van der Waals surface area contributed by atoms with Crippen molar-refractivity contribution in [3.05, 3.63) is 65.9 Å². The molecular weight excluding hydrogens is 556 g/mol. The molecule has 1 aromatic heterocycles. The van der Waals surface area contributed by atoms with Crippen LogP contribution in [0, 0.1) is 6.92 Å². The summed E-state index contributed by atoms with van der Waals surface area (Å²) in [6.07, 6.45) is 1.62. The molecule has 0 spiro atoms. The highest BCUT2D eigenvalue weighted by molar-refractivity contribution is 7.91. The molecule has 0 fully saturated rings. The summed E-state index contributed by atoms with van der Waals surface area (Å²) >= 11 is 0. The number of rotatable bonds is 13. The lowest BCUT2D eigenvalue weighted by Crippen LogP contribution is -2.29. The first-order valence-corrected chi connectivity index (χ1v) is 15.8. The third-order valence-corrected chi connectivity index (χ3v) is 8.84. The second-order valence-electron chi connectivity index (χ2n) is 8.84. The molecule has 3 aromatic rings. The van der Waals surface area contributed by atoms with Gasteiger partial charge in [0.15, 0.2) is 9.84 Å². The number of carbonyl (C=O) groups excluding carboxylic acids is 2. The van der Waals surface area contributed by atoms with Crippen molar-refractivity contribution in [3.63, 3.8) is 0 Å². The number of sulfonamides is 1. The van der Waals surface area contributed by atoms with E-state index in [0.717, 1.165) is 16.8 Å². The number of hydrogen-bond acceptors (Lipinski definition) is 10. The zero-order valence-electron chi connectivity index (χ0n) is 22.4. The Labute approximate surface area is 234 Å². The lowest BCUT2D eigenvalue weighted by Gasteiger charge is -2.12. The minimum atomic E-state index is -3.94. The Morgan fingerprint density at radius 1 is 0.850 bits per heavy atom. The Morgan fingerprint density at radius 3 is 2.10 bits per heavy atom. The molecule has 14 heteroatoms. The average molecular weight is 589 g/mol. The topological polar surface area (TPSA) is 176 Å². The smallest absolute Gasteiger partial charge is 0.264 e. The SMILES string of the molecule is CCC(=O)NS(=O)(=O)c1ccc(Nc2ncc(C)c(Nc3ccc(CNC(=O)CCS(=O)(=O)CC)cc3)n2)cc1. The van der Waals surface area contributed by atoms with Crippen molar-refractivity contribution in [1.29, 1.82) is 0 Å². The molecule has 0 unspecified atom stereocenters. The van der Waals surface area contributed by atoms with E-state index >= 15 is 0 Å². The first-order valence-electron chi connectivity index (χ1n) is 12.5. The molecule has 0 saturated heterocycles. The predicted octanol–water partition coefficient (Wildman–Crippen LogP) is 2.93. The Morgan fingerprint density at radius 2 is 1.48 bits per heavy atom. The third kappa shape index (κ3) is 9.02. The van der Waals surface area contributed by atoms with Gasteiger partial charge in [-0.1, -0.05) is 26.0 Å². The number of aromatic nitrogens is 2. The molecular formula is C26H32N6O6S2. The van der Waals surface area contributed by atoms with Crippen molar-refractivity contribution in [2.24, 2.45) is 0 Å². The Hall–Kier alpha value is -4.04. The van der Waals surface area contributed by atoms with Crippen LogP contribution in [0.3, 0.4) is 0 Å².